The number of likely N-dealkylation sites (N-methyl/N-ethyl adjacent to an activating group) is 1. The molecule has 0 spiro atoms. The number of aromatic hydroxyl groups is 1. The molecule has 0 aromatic carbocycles. The van der Waals surface area contributed by atoms with E-state index in [9.17, 15) is 14.7 Å². The van der Waals surface area contributed by atoms with Crippen LogP contribution in [0.2, 0.25) is 0 Å². The van der Waals surface area contributed by atoms with E-state index in [0.29, 0.717) is 13.0 Å². The van der Waals surface area contributed by atoms with E-state index in [2.05, 4.69) is 10.3 Å². The van der Waals surface area contributed by atoms with Gasteiger partial charge in [0.15, 0.2) is 0 Å². The van der Waals surface area contributed by atoms with Crippen LogP contribution < -0.4 is 5.32 Å². The van der Waals surface area contributed by atoms with Gasteiger partial charge < -0.3 is 15.3 Å². The summed E-state index contributed by atoms with van der Waals surface area (Å²) in [6, 6.07) is 1.01. The van der Waals surface area contributed by atoms with E-state index in [1.807, 2.05) is 0 Å². The number of carbonyl (C=O) groups excluding carboxylic acids is 2. The van der Waals surface area contributed by atoms with Crippen LogP contribution in [0.4, 0.5) is 0 Å². The molecule has 0 aliphatic carbocycles. The van der Waals surface area contributed by atoms with Crippen LogP contribution in [0, 0.1) is 0 Å². The van der Waals surface area contributed by atoms with E-state index in [1.54, 1.807) is 7.05 Å². The predicted molar refractivity (Wildman–Crippen MR) is 64.0 cm³/mol. The predicted octanol–water partition coefficient (Wildman–Crippen LogP) is 0.138. The molecule has 1 atom stereocenters. The van der Waals surface area contributed by atoms with Crippen LogP contribution in [0.3, 0.4) is 0 Å². The minimum atomic E-state index is -0.449. The summed E-state index contributed by atoms with van der Waals surface area (Å²) in [6.45, 7) is 0.526. The number of hydrogen-bond acceptors (Lipinski definition) is 4. The van der Waals surface area contributed by atoms with E-state index in [1.165, 1.54) is 23.4 Å². The number of nitrogens with one attached hydrogen (secondary N) is 1. The van der Waals surface area contributed by atoms with Crippen molar-refractivity contribution in [3.63, 3.8) is 0 Å². The van der Waals surface area contributed by atoms with Crippen LogP contribution in [-0.2, 0) is 4.79 Å². The summed E-state index contributed by atoms with van der Waals surface area (Å²) in [5.74, 6) is -0.666. The third-order valence-corrected chi connectivity index (χ3v) is 3.09. The Morgan fingerprint density at radius 1 is 1.56 bits per heavy atom. The van der Waals surface area contributed by atoms with Crippen LogP contribution in [0.15, 0.2) is 18.5 Å². The second-order valence-electron chi connectivity index (χ2n) is 4.16. The van der Waals surface area contributed by atoms with Crippen LogP contribution >= 0.6 is 0 Å². The SMILES string of the molecule is CNC(=O)C1CCCN1C(=O)c1ccncc1O. The topological polar surface area (TPSA) is 82.5 Å². The molecule has 2 amide bonds. The lowest BCUT2D eigenvalue weighted by Crippen LogP contribution is -2.44. The molecule has 1 unspecified atom stereocenters. The standard InChI is InChI=1S/C12H15N3O3/c1-13-11(17)9-3-2-6-15(9)12(18)8-4-5-14-7-10(8)16/h4-5,7,9,16H,2-3,6H2,1H3,(H,13,17). The second-order valence-corrected chi connectivity index (χ2v) is 4.16. The van der Waals surface area contributed by atoms with E-state index >= 15 is 0 Å². The molecule has 6 nitrogen and oxygen atoms in total. The summed E-state index contributed by atoms with van der Waals surface area (Å²) in [5.41, 5.74) is 0.181. The van der Waals surface area contributed by atoms with Gasteiger partial charge in [-0.05, 0) is 18.9 Å². The second kappa shape index (κ2) is 5.03. The van der Waals surface area contributed by atoms with Gasteiger partial charge in [-0.15, -0.1) is 0 Å². The zero-order valence-corrected chi connectivity index (χ0v) is 10.1. The van der Waals surface area contributed by atoms with Crippen molar-refractivity contribution in [3.8, 4) is 5.75 Å². The number of rotatable bonds is 2. The molecule has 0 saturated carbocycles. The molecular formula is C12H15N3O3. The molecule has 2 heterocycles. The normalized spacial score (nSPS) is 18.7. The average Bonchev–Trinajstić information content (AvgIpc) is 2.86. The number of pyridine rings is 1. The van der Waals surface area contributed by atoms with E-state index in [-0.39, 0.29) is 23.1 Å². The molecule has 6 heteroatoms. The van der Waals surface area contributed by atoms with Gasteiger partial charge in [-0.2, -0.15) is 0 Å². The Hall–Kier alpha value is -2.11. The Kier molecular flexibility index (Phi) is 3.45. The van der Waals surface area contributed by atoms with Crippen molar-refractivity contribution in [1.29, 1.82) is 0 Å². The Labute approximate surface area is 105 Å². The zero-order valence-electron chi connectivity index (χ0n) is 10.1. The molecule has 96 valence electrons. The zero-order chi connectivity index (χ0) is 13.1. The first kappa shape index (κ1) is 12.3. The van der Waals surface area contributed by atoms with Crippen molar-refractivity contribution in [2.45, 2.75) is 18.9 Å². The first-order valence-corrected chi connectivity index (χ1v) is 5.80. The largest absolute Gasteiger partial charge is 0.505 e. The fourth-order valence-electron chi connectivity index (χ4n) is 2.17. The number of nitrogens with zero attached hydrogens (tertiary/aromatic N) is 2. The minimum absolute atomic E-state index is 0.162. The molecule has 1 aliphatic rings. The third-order valence-electron chi connectivity index (χ3n) is 3.09. The molecule has 0 radical (unpaired) electrons. The lowest BCUT2D eigenvalue weighted by atomic mass is 10.1. The van der Waals surface area contributed by atoms with E-state index < -0.39 is 6.04 Å². The summed E-state index contributed by atoms with van der Waals surface area (Å²) in [4.78, 5) is 29.1. The Balaban J connectivity index is 2.23. The van der Waals surface area contributed by atoms with Gasteiger partial charge in [-0.25, -0.2) is 0 Å². The molecule has 2 rings (SSSR count). The van der Waals surface area contributed by atoms with Crippen LogP contribution in [-0.4, -0.2) is 46.4 Å². The summed E-state index contributed by atoms with van der Waals surface area (Å²) in [5, 5.41) is 12.2. The van der Waals surface area contributed by atoms with Gasteiger partial charge in [-0.3, -0.25) is 14.6 Å². The van der Waals surface area contributed by atoms with Gasteiger partial charge in [-0.1, -0.05) is 0 Å². The van der Waals surface area contributed by atoms with Crippen molar-refractivity contribution >= 4 is 11.8 Å². The van der Waals surface area contributed by atoms with Crippen molar-refractivity contribution in [1.82, 2.24) is 15.2 Å². The molecule has 1 fully saturated rings. The minimum Gasteiger partial charge on any atom is -0.505 e. The number of aromatic nitrogens is 1. The monoisotopic (exact) mass is 249 g/mol. The van der Waals surface area contributed by atoms with Gasteiger partial charge in [0.05, 0.1) is 11.8 Å². The molecule has 0 bridgehead atoms. The summed E-state index contributed by atoms with van der Waals surface area (Å²) < 4.78 is 0. The van der Waals surface area contributed by atoms with Gasteiger partial charge in [0, 0.05) is 19.8 Å². The fraction of sp³-hybridized carbons (Fsp3) is 0.417. The Morgan fingerprint density at radius 3 is 3.00 bits per heavy atom. The van der Waals surface area contributed by atoms with Crippen molar-refractivity contribution in [2.24, 2.45) is 0 Å². The summed E-state index contributed by atoms with van der Waals surface area (Å²) in [6.07, 6.45) is 4.10. The lowest BCUT2D eigenvalue weighted by Gasteiger charge is -2.23. The highest BCUT2D eigenvalue weighted by Crippen LogP contribution is 2.23. The first-order chi connectivity index (χ1) is 8.65. The highest BCUT2D eigenvalue weighted by molar-refractivity contribution is 5.99. The van der Waals surface area contributed by atoms with Gasteiger partial charge in [0.25, 0.3) is 5.91 Å². The number of likely N-dealkylation sites (tertiary alicyclic amines) is 1. The van der Waals surface area contributed by atoms with Crippen molar-refractivity contribution in [2.75, 3.05) is 13.6 Å². The first-order valence-electron chi connectivity index (χ1n) is 5.80. The van der Waals surface area contributed by atoms with Gasteiger partial charge in [0.1, 0.15) is 11.8 Å². The fourth-order valence-corrected chi connectivity index (χ4v) is 2.17. The summed E-state index contributed by atoms with van der Waals surface area (Å²) in [7, 11) is 1.55. The van der Waals surface area contributed by atoms with Gasteiger partial charge in [0.2, 0.25) is 5.91 Å². The Bertz CT molecular complexity index is 475. The number of amides is 2. The molecule has 1 aliphatic heterocycles. The summed E-state index contributed by atoms with van der Waals surface area (Å²) >= 11 is 0. The van der Waals surface area contributed by atoms with Crippen LogP contribution in [0.5, 0.6) is 5.75 Å². The number of hydrogen-bond donors (Lipinski definition) is 2. The maximum atomic E-state index is 12.3. The van der Waals surface area contributed by atoms with Crippen molar-refractivity contribution < 1.29 is 14.7 Å². The molecule has 1 aromatic heterocycles. The quantitative estimate of drug-likeness (QED) is 0.781. The molecule has 18 heavy (non-hydrogen) atoms. The highest BCUT2D eigenvalue weighted by atomic mass is 16.3. The van der Waals surface area contributed by atoms with Crippen molar-refractivity contribution in [3.05, 3.63) is 24.0 Å². The maximum Gasteiger partial charge on any atom is 0.258 e. The van der Waals surface area contributed by atoms with Crippen LogP contribution in [0.1, 0.15) is 23.2 Å². The molecule has 1 saturated heterocycles. The highest BCUT2D eigenvalue weighted by Gasteiger charge is 2.34. The lowest BCUT2D eigenvalue weighted by molar-refractivity contribution is -0.124. The third kappa shape index (κ3) is 2.13. The maximum absolute atomic E-state index is 12.3. The molecular weight excluding hydrogens is 234 g/mol. The average molecular weight is 249 g/mol. The van der Waals surface area contributed by atoms with Crippen LogP contribution in [0.25, 0.3) is 0 Å². The van der Waals surface area contributed by atoms with E-state index in [4.69, 9.17) is 0 Å². The molecule has 2 N–H and O–H groups in total. The molecule has 1 aromatic rings. The Morgan fingerprint density at radius 2 is 2.33 bits per heavy atom. The van der Waals surface area contributed by atoms with E-state index in [0.717, 1.165) is 6.42 Å². The number of carbonyl (C=O) groups is 2. The van der Waals surface area contributed by atoms with Gasteiger partial charge >= 0.3 is 0 Å². The smallest absolute Gasteiger partial charge is 0.258 e.